The summed E-state index contributed by atoms with van der Waals surface area (Å²) in [5.41, 5.74) is 2.01. The summed E-state index contributed by atoms with van der Waals surface area (Å²) in [6.07, 6.45) is 2.25. The van der Waals surface area contributed by atoms with Crippen LogP contribution in [0, 0.1) is 0 Å². The number of amides is 1. The van der Waals surface area contributed by atoms with E-state index in [1.54, 1.807) is 13.2 Å². The maximum Gasteiger partial charge on any atom is 0.223 e. The summed E-state index contributed by atoms with van der Waals surface area (Å²) in [7, 11) is 1.64. The highest BCUT2D eigenvalue weighted by Crippen LogP contribution is 2.30. The average molecular weight is 391 g/mol. The zero-order valence-corrected chi connectivity index (χ0v) is 16.6. The fraction of sp³-hybridized carbons (Fsp3) is 0.304. The normalized spacial score (nSPS) is 16.4. The summed E-state index contributed by atoms with van der Waals surface area (Å²) in [6.45, 7) is 6.17. The van der Waals surface area contributed by atoms with Crippen molar-refractivity contribution in [2.24, 2.45) is 0 Å². The Bertz CT molecular complexity index is 1010. The lowest BCUT2D eigenvalue weighted by Gasteiger charge is -2.16. The van der Waals surface area contributed by atoms with Gasteiger partial charge in [-0.25, -0.2) is 4.98 Å². The van der Waals surface area contributed by atoms with E-state index >= 15 is 0 Å². The molecule has 2 aromatic carbocycles. The van der Waals surface area contributed by atoms with E-state index in [1.807, 2.05) is 47.4 Å². The zero-order chi connectivity index (χ0) is 20.2. The zero-order valence-electron chi connectivity index (χ0n) is 16.6. The van der Waals surface area contributed by atoms with Crippen LogP contribution in [0.15, 0.2) is 61.2 Å². The first-order chi connectivity index (χ1) is 14.2. The van der Waals surface area contributed by atoms with Crippen molar-refractivity contribution in [2.45, 2.75) is 18.9 Å². The summed E-state index contributed by atoms with van der Waals surface area (Å²) in [5.74, 6) is 2.78. The van der Waals surface area contributed by atoms with Gasteiger partial charge in [0.2, 0.25) is 5.91 Å². The lowest BCUT2D eigenvalue weighted by molar-refractivity contribution is -0.127. The number of nitrogens with zero attached hydrogens (tertiary/aromatic N) is 3. The molecule has 6 nitrogen and oxygen atoms in total. The lowest BCUT2D eigenvalue weighted by Crippen LogP contribution is -2.25. The molecule has 4 rings (SSSR count). The van der Waals surface area contributed by atoms with Crippen LogP contribution in [-0.2, 0) is 11.3 Å². The molecule has 150 valence electrons. The molecular weight excluding hydrogens is 366 g/mol. The molecular formula is C23H25N3O3. The van der Waals surface area contributed by atoms with Gasteiger partial charge in [-0.3, -0.25) is 4.79 Å². The van der Waals surface area contributed by atoms with Crippen molar-refractivity contribution >= 4 is 16.9 Å². The predicted molar refractivity (Wildman–Crippen MR) is 112 cm³/mol. The molecule has 6 heteroatoms. The average Bonchev–Trinajstić information content (AvgIpc) is 3.29. The third-order valence-electron chi connectivity index (χ3n) is 5.26. The number of para-hydroxylation sites is 2. The molecule has 0 spiro atoms. The van der Waals surface area contributed by atoms with Gasteiger partial charge in [-0.1, -0.05) is 18.2 Å². The van der Waals surface area contributed by atoms with E-state index in [9.17, 15) is 4.79 Å². The van der Waals surface area contributed by atoms with Gasteiger partial charge in [0, 0.05) is 25.4 Å². The van der Waals surface area contributed by atoms with Gasteiger partial charge in [0.05, 0.1) is 24.7 Å². The van der Waals surface area contributed by atoms with E-state index in [-0.39, 0.29) is 11.8 Å². The molecule has 1 atom stereocenters. The van der Waals surface area contributed by atoms with Crippen LogP contribution in [0.1, 0.15) is 18.2 Å². The molecule has 2 heterocycles. The van der Waals surface area contributed by atoms with Crippen LogP contribution in [0.2, 0.25) is 0 Å². The smallest absolute Gasteiger partial charge is 0.223 e. The number of rotatable bonds is 8. The number of aromatic nitrogens is 2. The monoisotopic (exact) mass is 391 g/mol. The molecule has 1 fully saturated rings. The van der Waals surface area contributed by atoms with Crippen LogP contribution < -0.4 is 9.47 Å². The highest BCUT2D eigenvalue weighted by atomic mass is 16.5. The maximum absolute atomic E-state index is 12.3. The highest BCUT2D eigenvalue weighted by Gasteiger charge is 2.33. The number of ether oxygens (including phenoxy) is 2. The molecule has 0 aliphatic carbocycles. The Labute approximate surface area is 170 Å². The number of benzene rings is 2. The Morgan fingerprint density at radius 2 is 1.93 bits per heavy atom. The Morgan fingerprint density at radius 3 is 2.69 bits per heavy atom. The number of methoxy groups -OCH3 is 1. The van der Waals surface area contributed by atoms with E-state index in [0.29, 0.717) is 32.7 Å². The molecule has 1 saturated heterocycles. The number of hydrogen-bond acceptors (Lipinski definition) is 4. The van der Waals surface area contributed by atoms with E-state index in [4.69, 9.17) is 14.5 Å². The highest BCUT2D eigenvalue weighted by molar-refractivity contribution is 5.81. The molecule has 29 heavy (non-hydrogen) atoms. The third kappa shape index (κ3) is 3.97. The second-order valence-electron chi connectivity index (χ2n) is 7.12. The Hall–Kier alpha value is -3.28. The first-order valence-corrected chi connectivity index (χ1v) is 9.80. The Morgan fingerprint density at radius 1 is 1.17 bits per heavy atom. The third-order valence-corrected chi connectivity index (χ3v) is 5.26. The summed E-state index contributed by atoms with van der Waals surface area (Å²) >= 11 is 0. The number of fused-ring (bicyclic) bond motifs is 1. The van der Waals surface area contributed by atoms with Crippen molar-refractivity contribution in [3.63, 3.8) is 0 Å². The summed E-state index contributed by atoms with van der Waals surface area (Å²) in [4.78, 5) is 19.0. The van der Waals surface area contributed by atoms with Gasteiger partial charge in [0.1, 0.15) is 23.9 Å². The molecule has 1 aliphatic rings. The molecule has 0 radical (unpaired) electrons. The van der Waals surface area contributed by atoms with Crippen LogP contribution >= 0.6 is 0 Å². The second-order valence-corrected chi connectivity index (χ2v) is 7.12. The topological polar surface area (TPSA) is 56.6 Å². The quantitative estimate of drug-likeness (QED) is 0.550. The molecule has 1 aliphatic heterocycles. The first-order valence-electron chi connectivity index (χ1n) is 9.80. The van der Waals surface area contributed by atoms with Gasteiger partial charge in [0.25, 0.3) is 0 Å². The maximum atomic E-state index is 12.3. The largest absolute Gasteiger partial charge is 0.497 e. The number of hydrogen-bond donors (Lipinski definition) is 0. The van der Waals surface area contributed by atoms with Crippen LogP contribution in [0.3, 0.4) is 0 Å². The Balaban J connectivity index is 1.53. The summed E-state index contributed by atoms with van der Waals surface area (Å²) in [5, 5.41) is 0. The van der Waals surface area contributed by atoms with Crippen molar-refractivity contribution < 1.29 is 14.3 Å². The minimum atomic E-state index is 0.0795. The Kier molecular flexibility index (Phi) is 5.51. The standard InChI is InChI=1S/C23H25N3O3/c1-3-12-25-16-17(15-22(25)27)23-24-20-6-4-5-7-21(20)26(23)13-14-29-19-10-8-18(28-2)9-11-19/h3-11,17H,1,12-16H2,2H3/t17-/m1/s1. The van der Waals surface area contributed by atoms with Gasteiger partial charge in [-0.2, -0.15) is 0 Å². The number of carbonyl (C=O) groups is 1. The van der Waals surface area contributed by atoms with Crippen molar-refractivity contribution in [3.05, 3.63) is 67.0 Å². The van der Waals surface area contributed by atoms with Gasteiger partial charge in [-0.05, 0) is 36.4 Å². The number of likely N-dealkylation sites (tertiary alicyclic amines) is 1. The lowest BCUT2D eigenvalue weighted by atomic mass is 10.1. The number of imidazole rings is 1. The fourth-order valence-corrected chi connectivity index (χ4v) is 3.84. The van der Waals surface area contributed by atoms with Crippen molar-refractivity contribution in [2.75, 3.05) is 26.8 Å². The molecule has 0 N–H and O–H groups in total. The molecule has 0 saturated carbocycles. The summed E-state index contributed by atoms with van der Waals surface area (Å²) < 4.78 is 13.3. The molecule has 1 amide bonds. The molecule has 0 unspecified atom stereocenters. The van der Waals surface area contributed by atoms with Gasteiger partial charge in [0.15, 0.2) is 0 Å². The van der Waals surface area contributed by atoms with Crippen LogP contribution in [-0.4, -0.2) is 47.2 Å². The van der Waals surface area contributed by atoms with Gasteiger partial charge < -0.3 is 18.9 Å². The second kappa shape index (κ2) is 8.39. The number of carbonyl (C=O) groups excluding carboxylic acids is 1. The molecule has 1 aromatic heterocycles. The SMILES string of the molecule is C=CCN1C[C@H](c2nc3ccccc3n2CCOc2ccc(OC)cc2)CC1=O. The minimum absolute atomic E-state index is 0.0795. The van der Waals surface area contributed by atoms with E-state index in [2.05, 4.69) is 17.2 Å². The van der Waals surface area contributed by atoms with Crippen molar-refractivity contribution in [3.8, 4) is 11.5 Å². The van der Waals surface area contributed by atoms with Crippen LogP contribution in [0.5, 0.6) is 11.5 Å². The van der Waals surface area contributed by atoms with Crippen LogP contribution in [0.4, 0.5) is 0 Å². The van der Waals surface area contributed by atoms with E-state index in [0.717, 1.165) is 28.4 Å². The predicted octanol–water partition coefficient (Wildman–Crippen LogP) is 3.63. The summed E-state index contributed by atoms with van der Waals surface area (Å²) in [6, 6.07) is 15.6. The fourth-order valence-electron chi connectivity index (χ4n) is 3.84. The first kappa shape index (κ1) is 19.1. The van der Waals surface area contributed by atoms with E-state index in [1.165, 1.54) is 0 Å². The molecule has 0 bridgehead atoms. The van der Waals surface area contributed by atoms with Crippen LogP contribution in [0.25, 0.3) is 11.0 Å². The van der Waals surface area contributed by atoms with Gasteiger partial charge >= 0.3 is 0 Å². The van der Waals surface area contributed by atoms with Gasteiger partial charge in [-0.15, -0.1) is 6.58 Å². The minimum Gasteiger partial charge on any atom is -0.497 e. The van der Waals surface area contributed by atoms with E-state index < -0.39 is 0 Å². The molecule has 3 aromatic rings. The van der Waals surface area contributed by atoms with Crippen molar-refractivity contribution in [1.82, 2.24) is 14.5 Å². The van der Waals surface area contributed by atoms with Crippen molar-refractivity contribution in [1.29, 1.82) is 0 Å².